The van der Waals surface area contributed by atoms with Crippen molar-refractivity contribution in [2.45, 2.75) is 31.7 Å². The van der Waals surface area contributed by atoms with Gasteiger partial charge in [-0.2, -0.15) is 0 Å². The molecule has 144 valence electrons. The lowest BCUT2D eigenvalue weighted by Crippen LogP contribution is -2.27. The van der Waals surface area contributed by atoms with Crippen molar-refractivity contribution in [1.29, 1.82) is 0 Å². The summed E-state index contributed by atoms with van der Waals surface area (Å²) in [4.78, 5) is 12.2. The van der Waals surface area contributed by atoms with Crippen LogP contribution in [0.4, 0.5) is 0 Å². The van der Waals surface area contributed by atoms with Crippen molar-refractivity contribution in [3.05, 3.63) is 59.6 Å². The molecule has 0 radical (unpaired) electrons. The normalized spacial score (nSPS) is 11.4. The summed E-state index contributed by atoms with van der Waals surface area (Å²) in [5.41, 5.74) is 3.96. The van der Waals surface area contributed by atoms with E-state index in [1.807, 2.05) is 37.3 Å². The van der Waals surface area contributed by atoms with Crippen molar-refractivity contribution >= 4 is 34.3 Å². The number of fused-ring (bicyclic) bond motifs is 3. The first-order valence-electron chi connectivity index (χ1n) is 9.36. The number of nitrogens with zero attached hydrogens (tertiary/aromatic N) is 3. The van der Waals surface area contributed by atoms with Crippen molar-refractivity contribution < 1.29 is 9.21 Å². The Labute approximate surface area is 167 Å². The Kier molecular flexibility index (Phi) is 5.34. The number of thioether (sulfide) groups is 1. The SMILES string of the molecule is CCc1nnc(SCC(=O)NCCc2ccccc2)c2cc3oc(C)cc3n12. The fraction of sp³-hybridized carbons (Fsp3) is 0.286. The minimum Gasteiger partial charge on any atom is -0.460 e. The molecule has 0 saturated heterocycles. The van der Waals surface area contributed by atoms with Gasteiger partial charge in [-0.15, -0.1) is 10.2 Å². The second kappa shape index (κ2) is 8.06. The van der Waals surface area contributed by atoms with Gasteiger partial charge in [-0.25, -0.2) is 0 Å². The van der Waals surface area contributed by atoms with Gasteiger partial charge in [0.1, 0.15) is 16.6 Å². The van der Waals surface area contributed by atoms with Crippen LogP contribution in [0.15, 0.2) is 51.9 Å². The first-order valence-corrected chi connectivity index (χ1v) is 10.3. The quantitative estimate of drug-likeness (QED) is 0.483. The van der Waals surface area contributed by atoms with Gasteiger partial charge in [0.15, 0.2) is 5.58 Å². The number of aromatic nitrogens is 3. The second-order valence-corrected chi connectivity index (χ2v) is 7.58. The van der Waals surface area contributed by atoms with Gasteiger partial charge in [-0.3, -0.25) is 9.20 Å². The molecule has 0 bridgehead atoms. The molecule has 3 aromatic heterocycles. The lowest BCUT2D eigenvalue weighted by atomic mass is 10.1. The van der Waals surface area contributed by atoms with Gasteiger partial charge in [0.05, 0.1) is 16.8 Å². The first-order chi connectivity index (χ1) is 13.7. The predicted molar refractivity (Wildman–Crippen MR) is 111 cm³/mol. The van der Waals surface area contributed by atoms with Gasteiger partial charge in [-0.1, -0.05) is 49.0 Å². The first kappa shape index (κ1) is 18.6. The standard InChI is InChI=1S/C21H22N4O2S/c1-3-19-23-24-21(17-12-18-16(25(17)19)11-14(2)27-18)28-13-20(26)22-10-9-15-7-5-4-6-8-15/h4-8,11-12H,3,9-10,13H2,1-2H3,(H,22,26). The van der Waals surface area contributed by atoms with Crippen LogP contribution in [-0.2, 0) is 17.6 Å². The molecular weight excluding hydrogens is 372 g/mol. The minimum absolute atomic E-state index is 0.00784. The summed E-state index contributed by atoms with van der Waals surface area (Å²) in [5.74, 6) is 2.04. The van der Waals surface area contributed by atoms with E-state index in [2.05, 4.69) is 39.0 Å². The maximum absolute atomic E-state index is 12.2. The van der Waals surface area contributed by atoms with Crippen LogP contribution in [0, 0.1) is 6.92 Å². The van der Waals surface area contributed by atoms with E-state index in [1.54, 1.807) is 0 Å². The third-order valence-electron chi connectivity index (χ3n) is 4.58. The molecule has 0 spiro atoms. The fourth-order valence-corrected chi connectivity index (χ4v) is 4.02. The van der Waals surface area contributed by atoms with Gasteiger partial charge < -0.3 is 9.73 Å². The van der Waals surface area contributed by atoms with Crippen molar-refractivity contribution in [2.24, 2.45) is 0 Å². The Bertz CT molecular complexity index is 1120. The summed E-state index contributed by atoms with van der Waals surface area (Å²) in [6.07, 6.45) is 1.59. The molecule has 1 N–H and O–H groups in total. The van der Waals surface area contributed by atoms with Gasteiger partial charge in [-0.05, 0) is 18.9 Å². The Balaban J connectivity index is 1.44. The third-order valence-corrected chi connectivity index (χ3v) is 5.55. The molecule has 1 aromatic carbocycles. The molecule has 4 rings (SSSR count). The number of carbonyl (C=O) groups excluding carboxylic acids is 1. The molecule has 28 heavy (non-hydrogen) atoms. The van der Waals surface area contributed by atoms with E-state index in [9.17, 15) is 4.79 Å². The largest absolute Gasteiger partial charge is 0.460 e. The number of nitrogens with one attached hydrogen (secondary N) is 1. The van der Waals surface area contributed by atoms with Crippen LogP contribution in [0.2, 0.25) is 0 Å². The van der Waals surface area contributed by atoms with Crippen molar-refractivity contribution in [3.63, 3.8) is 0 Å². The van der Waals surface area contributed by atoms with Gasteiger partial charge in [0.2, 0.25) is 5.91 Å². The minimum atomic E-state index is -0.00784. The number of furan rings is 1. The van der Waals surface area contributed by atoms with Crippen LogP contribution >= 0.6 is 11.8 Å². The number of hydrogen-bond donors (Lipinski definition) is 1. The van der Waals surface area contributed by atoms with E-state index >= 15 is 0 Å². The molecular formula is C21H22N4O2S. The highest BCUT2D eigenvalue weighted by Crippen LogP contribution is 2.30. The van der Waals surface area contributed by atoms with Crippen LogP contribution in [-0.4, -0.2) is 32.8 Å². The monoisotopic (exact) mass is 394 g/mol. The summed E-state index contributed by atoms with van der Waals surface area (Å²) in [6, 6.07) is 14.1. The smallest absolute Gasteiger partial charge is 0.230 e. The molecule has 0 fully saturated rings. The maximum atomic E-state index is 12.2. The number of amides is 1. The molecule has 7 heteroatoms. The average Bonchev–Trinajstić information content (AvgIpc) is 3.23. The van der Waals surface area contributed by atoms with E-state index in [0.717, 1.165) is 46.1 Å². The van der Waals surface area contributed by atoms with Crippen molar-refractivity contribution in [1.82, 2.24) is 19.9 Å². The average molecular weight is 395 g/mol. The number of benzene rings is 1. The van der Waals surface area contributed by atoms with Crippen molar-refractivity contribution in [2.75, 3.05) is 12.3 Å². The van der Waals surface area contributed by atoms with Gasteiger partial charge >= 0.3 is 0 Å². The second-order valence-electron chi connectivity index (χ2n) is 6.62. The van der Waals surface area contributed by atoms with E-state index < -0.39 is 0 Å². The number of aryl methyl sites for hydroxylation is 2. The lowest BCUT2D eigenvalue weighted by molar-refractivity contribution is -0.118. The molecule has 1 amide bonds. The highest BCUT2D eigenvalue weighted by atomic mass is 32.2. The molecule has 4 aromatic rings. The summed E-state index contributed by atoms with van der Waals surface area (Å²) in [7, 11) is 0. The van der Waals surface area contributed by atoms with Crippen molar-refractivity contribution in [3.8, 4) is 0 Å². The summed E-state index contributed by atoms with van der Waals surface area (Å²) < 4.78 is 7.84. The number of hydrogen-bond acceptors (Lipinski definition) is 5. The molecule has 6 nitrogen and oxygen atoms in total. The molecule has 0 saturated carbocycles. The zero-order chi connectivity index (χ0) is 19.5. The Morgan fingerprint density at radius 3 is 2.79 bits per heavy atom. The van der Waals surface area contributed by atoms with E-state index in [-0.39, 0.29) is 5.91 Å². The summed E-state index contributed by atoms with van der Waals surface area (Å²) in [5, 5.41) is 12.4. The van der Waals surface area contributed by atoms with E-state index in [1.165, 1.54) is 17.3 Å². The molecule has 0 atom stereocenters. The zero-order valence-corrected chi connectivity index (χ0v) is 16.8. The van der Waals surface area contributed by atoms with Crippen LogP contribution in [0.3, 0.4) is 0 Å². The highest BCUT2D eigenvalue weighted by molar-refractivity contribution is 8.00. The van der Waals surface area contributed by atoms with Gasteiger partial charge in [0.25, 0.3) is 0 Å². The van der Waals surface area contributed by atoms with E-state index in [4.69, 9.17) is 4.42 Å². The highest BCUT2D eigenvalue weighted by Gasteiger charge is 2.16. The molecule has 0 unspecified atom stereocenters. The van der Waals surface area contributed by atoms with Crippen LogP contribution in [0.5, 0.6) is 0 Å². The van der Waals surface area contributed by atoms with Crippen LogP contribution < -0.4 is 5.32 Å². The van der Waals surface area contributed by atoms with Crippen LogP contribution in [0.1, 0.15) is 24.1 Å². The fourth-order valence-electron chi connectivity index (χ4n) is 3.26. The van der Waals surface area contributed by atoms with Crippen LogP contribution in [0.25, 0.3) is 16.6 Å². The summed E-state index contributed by atoms with van der Waals surface area (Å²) in [6.45, 7) is 4.61. The Hall–Kier alpha value is -2.80. The molecule has 0 aliphatic heterocycles. The number of rotatable bonds is 7. The molecule has 3 heterocycles. The summed E-state index contributed by atoms with van der Waals surface area (Å²) >= 11 is 1.40. The number of carbonyl (C=O) groups is 1. The van der Waals surface area contributed by atoms with Gasteiger partial charge in [0, 0.05) is 25.1 Å². The Morgan fingerprint density at radius 1 is 1.18 bits per heavy atom. The zero-order valence-electron chi connectivity index (χ0n) is 15.9. The predicted octanol–water partition coefficient (Wildman–Crippen LogP) is 3.80. The lowest BCUT2D eigenvalue weighted by Gasteiger charge is -2.08. The van der Waals surface area contributed by atoms with E-state index in [0.29, 0.717) is 12.3 Å². The third kappa shape index (κ3) is 3.75. The maximum Gasteiger partial charge on any atom is 0.230 e. The molecule has 0 aliphatic rings. The Morgan fingerprint density at radius 2 is 2.00 bits per heavy atom. The molecule has 0 aliphatic carbocycles. The topological polar surface area (TPSA) is 72.4 Å².